The summed E-state index contributed by atoms with van der Waals surface area (Å²) < 4.78 is 11.8. The maximum absolute atomic E-state index is 6.28. The highest BCUT2D eigenvalue weighted by molar-refractivity contribution is 4.94. The Morgan fingerprint density at radius 1 is 1.21 bits per heavy atom. The first kappa shape index (κ1) is 10.4. The van der Waals surface area contributed by atoms with Gasteiger partial charge in [0.15, 0.2) is 0 Å². The Kier molecular flexibility index (Phi) is 2.82. The van der Waals surface area contributed by atoms with Crippen LogP contribution in [-0.2, 0) is 9.47 Å². The summed E-state index contributed by atoms with van der Waals surface area (Å²) >= 11 is 0. The van der Waals surface area contributed by atoms with Crippen LogP contribution in [0.4, 0.5) is 0 Å². The molecule has 1 spiro atoms. The van der Waals surface area contributed by atoms with Gasteiger partial charge in [0.1, 0.15) is 5.72 Å². The lowest BCUT2D eigenvalue weighted by Gasteiger charge is -2.46. The smallest absolute Gasteiger partial charge is 0.119 e. The van der Waals surface area contributed by atoms with Crippen LogP contribution in [0.15, 0.2) is 0 Å². The van der Waals surface area contributed by atoms with Gasteiger partial charge in [-0.1, -0.05) is 13.8 Å². The van der Waals surface area contributed by atoms with E-state index in [0.29, 0.717) is 0 Å². The summed E-state index contributed by atoms with van der Waals surface area (Å²) in [6.45, 7) is 7.08. The van der Waals surface area contributed by atoms with Gasteiger partial charge in [0, 0.05) is 19.6 Å². The van der Waals surface area contributed by atoms with E-state index in [1.54, 1.807) is 0 Å². The fourth-order valence-corrected chi connectivity index (χ4v) is 2.53. The third-order valence-electron chi connectivity index (χ3n) is 3.65. The highest BCUT2D eigenvalue weighted by Gasteiger charge is 2.45. The molecular weight excluding hydrogens is 178 g/mol. The maximum Gasteiger partial charge on any atom is 0.119 e. The van der Waals surface area contributed by atoms with Gasteiger partial charge in [0.25, 0.3) is 0 Å². The number of hydrogen-bond donors (Lipinski definition) is 1. The molecular formula is C11H21NO2. The summed E-state index contributed by atoms with van der Waals surface area (Å²) in [5.41, 5.74) is -0.0662. The monoisotopic (exact) mass is 199 g/mol. The number of rotatable bonds is 2. The molecule has 0 bridgehead atoms. The SMILES string of the molecule is CCC1(CC)NCCC2(CCOC2)O1. The molecule has 0 aromatic rings. The summed E-state index contributed by atoms with van der Waals surface area (Å²) in [4.78, 5) is 0. The Bertz CT molecular complexity index is 191. The molecule has 2 aliphatic heterocycles. The van der Waals surface area contributed by atoms with Gasteiger partial charge in [0.2, 0.25) is 0 Å². The first-order valence-electron chi connectivity index (χ1n) is 5.77. The van der Waals surface area contributed by atoms with Crippen molar-refractivity contribution in [3.63, 3.8) is 0 Å². The molecule has 2 heterocycles. The van der Waals surface area contributed by atoms with E-state index in [1.165, 1.54) is 0 Å². The van der Waals surface area contributed by atoms with Crippen LogP contribution in [0.2, 0.25) is 0 Å². The average Bonchev–Trinajstić information content (AvgIpc) is 2.66. The Balaban J connectivity index is 2.09. The largest absolute Gasteiger partial charge is 0.378 e. The van der Waals surface area contributed by atoms with E-state index in [4.69, 9.17) is 9.47 Å². The molecule has 1 unspecified atom stereocenters. The molecule has 1 N–H and O–H groups in total. The molecule has 2 rings (SSSR count). The third-order valence-corrected chi connectivity index (χ3v) is 3.65. The fourth-order valence-electron chi connectivity index (χ4n) is 2.53. The Hall–Kier alpha value is -0.120. The highest BCUT2D eigenvalue weighted by Crippen LogP contribution is 2.36. The third kappa shape index (κ3) is 1.69. The molecule has 0 aliphatic carbocycles. The predicted molar refractivity (Wildman–Crippen MR) is 55.2 cm³/mol. The lowest BCUT2D eigenvalue weighted by Crippen LogP contribution is -2.59. The van der Waals surface area contributed by atoms with Crippen LogP contribution < -0.4 is 5.32 Å². The molecule has 0 aromatic heterocycles. The molecule has 2 saturated heterocycles. The van der Waals surface area contributed by atoms with E-state index in [9.17, 15) is 0 Å². The zero-order valence-corrected chi connectivity index (χ0v) is 9.27. The van der Waals surface area contributed by atoms with E-state index < -0.39 is 0 Å². The number of nitrogens with one attached hydrogen (secondary N) is 1. The van der Waals surface area contributed by atoms with Gasteiger partial charge in [-0.25, -0.2) is 0 Å². The Labute approximate surface area is 86.2 Å². The average molecular weight is 199 g/mol. The van der Waals surface area contributed by atoms with Gasteiger partial charge >= 0.3 is 0 Å². The van der Waals surface area contributed by atoms with Gasteiger partial charge < -0.3 is 9.47 Å². The van der Waals surface area contributed by atoms with Crippen LogP contribution in [0.3, 0.4) is 0 Å². The standard InChI is InChI=1S/C11H21NO2/c1-3-11(4-2)12-7-5-10(14-11)6-8-13-9-10/h12H,3-9H2,1-2H3. The van der Waals surface area contributed by atoms with Gasteiger partial charge in [-0.2, -0.15) is 0 Å². The van der Waals surface area contributed by atoms with Crippen molar-refractivity contribution in [3.05, 3.63) is 0 Å². The Morgan fingerprint density at radius 3 is 2.57 bits per heavy atom. The van der Waals surface area contributed by atoms with Crippen molar-refractivity contribution >= 4 is 0 Å². The summed E-state index contributed by atoms with van der Waals surface area (Å²) in [7, 11) is 0. The first-order chi connectivity index (χ1) is 6.74. The van der Waals surface area contributed by atoms with Crippen molar-refractivity contribution in [2.24, 2.45) is 0 Å². The molecule has 0 saturated carbocycles. The van der Waals surface area contributed by atoms with Crippen LogP contribution in [0.5, 0.6) is 0 Å². The molecule has 82 valence electrons. The lowest BCUT2D eigenvalue weighted by atomic mass is 9.93. The van der Waals surface area contributed by atoms with Crippen molar-refractivity contribution < 1.29 is 9.47 Å². The molecule has 0 amide bonds. The summed E-state index contributed by atoms with van der Waals surface area (Å²) in [6.07, 6.45) is 4.22. The topological polar surface area (TPSA) is 30.5 Å². The molecule has 0 radical (unpaired) electrons. The summed E-state index contributed by atoms with van der Waals surface area (Å²) in [6, 6.07) is 0. The second kappa shape index (κ2) is 3.80. The number of ether oxygens (including phenoxy) is 2. The van der Waals surface area contributed by atoms with E-state index in [2.05, 4.69) is 19.2 Å². The quantitative estimate of drug-likeness (QED) is 0.734. The number of hydrogen-bond acceptors (Lipinski definition) is 3. The van der Waals surface area contributed by atoms with E-state index in [0.717, 1.165) is 45.4 Å². The van der Waals surface area contributed by atoms with Crippen molar-refractivity contribution in [2.75, 3.05) is 19.8 Å². The van der Waals surface area contributed by atoms with Crippen molar-refractivity contribution in [2.45, 2.75) is 50.9 Å². The van der Waals surface area contributed by atoms with Crippen LogP contribution in [0, 0.1) is 0 Å². The van der Waals surface area contributed by atoms with Gasteiger partial charge in [-0.05, 0) is 19.3 Å². The predicted octanol–water partition coefficient (Wildman–Crippen LogP) is 1.67. The minimum Gasteiger partial charge on any atom is -0.378 e. The summed E-state index contributed by atoms with van der Waals surface area (Å²) in [5, 5.41) is 3.51. The van der Waals surface area contributed by atoms with Gasteiger partial charge in [-0.15, -0.1) is 0 Å². The van der Waals surface area contributed by atoms with Gasteiger partial charge in [-0.3, -0.25) is 5.32 Å². The van der Waals surface area contributed by atoms with E-state index in [-0.39, 0.29) is 11.3 Å². The van der Waals surface area contributed by atoms with Crippen molar-refractivity contribution in [1.82, 2.24) is 5.32 Å². The molecule has 3 heteroatoms. The lowest BCUT2D eigenvalue weighted by molar-refractivity contribution is -0.202. The molecule has 2 aliphatic rings. The minimum atomic E-state index is -0.0913. The summed E-state index contributed by atoms with van der Waals surface area (Å²) in [5.74, 6) is 0. The zero-order valence-electron chi connectivity index (χ0n) is 9.27. The minimum absolute atomic E-state index is 0.0251. The van der Waals surface area contributed by atoms with E-state index >= 15 is 0 Å². The fraction of sp³-hybridized carbons (Fsp3) is 1.00. The first-order valence-corrected chi connectivity index (χ1v) is 5.77. The van der Waals surface area contributed by atoms with Crippen LogP contribution >= 0.6 is 0 Å². The van der Waals surface area contributed by atoms with Crippen LogP contribution in [0.25, 0.3) is 0 Å². The van der Waals surface area contributed by atoms with E-state index in [1.807, 2.05) is 0 Å². The highest BCUT2D eigenvalue weighted by atomic mass is 16.6. The second-order valence-corrected chi connectivity index (χ2v) is 4.47. The zero-order chi connectivity index (χ0) is 10.1. The second-order valence-electron chi connectivity index (χ2n) is 4.47. The molecule has 2 fully saturated rings. The molecule has 1 atom stereocenters. The van der Waals surface area contributed by atoms with Crippen LogP contribution in [-0.4, -0.2) is 31.1 Å². The van der Waals surface area contributed by atoms with Crippen molar-refractivity contribution in [3.8, 4) is 0 Å². The maximum atomic E-state index is 6.28. The molecule has 3 nitrogen and oxygen atoms in total. The van der Waals surface area contributed by atoms with Gasteiger partial charge in [0.05, 0.1) is 12.2 Å². The van der Waals surface area contributed by atoms with Crippen LogP contribution in [0.1, 0.15) is 39.5 Å². The normalized spacial score (nSPS) is 36.4. The van der Waals surface area contributed by atoms with Crippen molar-refractivity contribution in [1.29, 1.82) is 0 Å². The molecule has 14 heavy (non-hydrogen) atoms. The Morgan fingerprint density at radius 2 is 2.00 bits per heavy atom. The molecule has 0 aromatic carbocycles.